The third kappa shape index (κ3) is 2.69. The lowest BCUT2D eigenvalue weighted by Gasteiger charge is -2.23. The van der Waals surface area contributed by atoms with Gasteiger partial charge in [-0.15, -0.1) is 0 Å². The number of hydrogen-bond acceptors (Lipinski definition) is 5. The molecule has 4 rings (SSSR count). The number of amides is 2. The Hall–Kier alpha value is -2.97. The van der Waals surface area contributed by atoms with E-state index in [0.29, 0.717) is 31.7 Å². The molecule has 136 valence electrons. The van der Waals surface area contributed by atoms with E-state index < -0.39 is 0 Å². The maximum Gasteiger partial charge on any atom is 0.271 e. The van der Waals surface area contributed by atoms with Gasteiger partial charge in [0.25, 0.3) is 5.91 Å². The number of H-pyrrole nitrogens is 1. The van der Waals surface area contributed by atoms with Crippen molar-refractivity contribution in [1.29, 1.82) is 0 Å². The third-order valence-corrected chi connectivity index (χ3v) is 5.22. The van der Waals surface area contributed by atoms with Gasteiger partial charge in [0.15, 0.2) is 5.78 Å². The van der Waals surface area contributed by atoms with Gasteiger partial charge in [-0.05, 0) is 12.5 Å². The van der Waals surface area contributed by atoms with Crippen LogP contribution in [0.2, 0.25) is 0 Å². The van der Waals surface area contributed by atoms with Gasteiger partial charge in [-0.3, -0.25) is 24.2 Å². The number of Topliss-reactive ketones (excluding diaryl/α,β-unsaturated/α-hetero) is 1. The van der Waals surface area contributed by atoms with Crippen molar-refractivity contribution < 1.29 is 14.4 Å². The SMILES string of the molecule is CC(=O)c1cc(C(=O)N2CCC3(CC(=O)N(c4cnn(C)c4)C3)C2)[nH]n1. The number of likely N-dealkylation sites (tertiary alicyclic amines) is 1. The number of aromatic amines is 1. The largest absolute Gasteiger partial charge is 0.337 e. The number of aryl methyl sites for hydroxylation is 1. The lowest BCUT2D eigenvalue weighted by molar-refractivity contribution is -0.117. The van der Waals surface area contributed by atoms with E-state index in [-0.39, 0.29) is 28.7 Å². The van der Waals surface area contributed by atoms with Gasteiger partial charge in [0.2, 0.25) is 5.91 Å². The van der Waals surface area contributed by atoms with Crippen LogP contribution in [-0.2, 0) is 11.8 Å². The van der Waals surface area contributed by atoms with Crippen LogP contribution in [0, 0.1) is 5.41 Å². The van der Waals surface area contributed by atoms with E-state index in [1.165, 1.54) is 13.0 Å². The molecule has 2 aliphatic heterocycles. The number of anilines is 1. The van der Waals surface area contributed by atoms with Gasteiger partial charge in [0.1, 0.15) is 11.4 Å². The first-order valence-corrected chi connectivity index (χ1v) is 8.52. The minimum atomic E-state index is -0.230. The Balaban J connectivity index is 1.48. The zero-order valence-corrected chi connectivity index (χ0v) is 14.7. The highest BCUT2D eigenvalue weighted by Crippen LogP contribution is 2.42. The second-order valence-corrected chi connectivity index (χ2v) is 7.23. The molecule has 2 amide bonds. The molecule has 4 heterocycles. The smallest absolute Gasteiger partial charge is 0.271 e. The van der Waals surface area contributed by atoms with Gasteiger partial charge in [-0.25, -0.2) is 0 Å². The number of hydrogen-bond donors (Lipinski definition) is 1. The highest BCUT2D eigenvalue weighted by Gasteiger charge is 2.49. The molecule has 1 unspecified atom stereocenters. The first-order valence-electron chi connectivity index (χ1n) is 8.52. The average Bonchev–Trinajstić information content (AvgIpc) is 3.35. The summed E-state index contributed by atoms with van der Waals surface area (Å²) in [4.78, 5) is 40.0. The Morgan fingerprint density at radius 1 is 1.31 bits per heavy atom. The van der Waals surface area contributed by atoms with Gasteiger partial charge in [-0.1, -0.05) is 0 Å². The molecular formula is C17H20N6O3. The summed E-state index contributed by atoms with van der Waals surface area (Å²) >= 11 is 0. The number of ketones is 1. The summed E-state index contributed by atoms with van der Waals surface area (Å²) in [7, 11) is 1.81. The fraction of sp³-hybridized carbons (Fsp3) is 0.471. The van der Waals surface area contributed by atoms with Crippen LogP contribution in [0.3, 0.4) is 0 Å². The maximum absolute atomic E-state index is 12.7. The van der Waals surface area contributed by atoms with Crippen molar-refractivity contribution in [2.24, 2.45) is 12.5 Å². The highest BCUT2D eigenvalue weighted by atomic mass is 16.2. The van der Waals surface area contributed by atoms with E-state index in [2.05, 4.69) is 15.3 Å². The first kappa shape index (κ1) is 16.5. The molecule has 2 aliphatic rings. The monoisotopic (exact) mass is 356 g/mol. The molecule has 2 aromatic rings. The molecule has 0 saturated carbocycles. The number of nitrogens with one attached hydrogen (secondary N) is 1. The minimum absolute atomic E-state index is 0.0627. The molecule has 1 spiro atoms. The van der Waals surface area contributed by atoms with Crippen molar-refractivity contribution in [3.8, 4) is 0 Å². The van der Waals surface area contributed by atoms with Crippen LogP contribution < -0.4 is 4.90 Å². The van der Waals surface area contributed by atoms with Crippen LogP contribution >= 0.6 is 0 Å². The van der Waals surface area contributed by atoms with Crippen LogP contribution in [0.1, 0.15) is 40.7 Å². The molecule has 0 bridgehead atoms. The van der Waals surface area contributed by atoms with Crippen LogP contribution in [0.25, 0.3) is 0 Å². The molecule has 9 nitrogen and oxygen atoms in total. The molecular weight excluding hydrogens is 336 g/mol. The van der Waals surface area contributed by atoms with Gasteiger partial charge >= 0.3 is 0 Å². The zero-order chi connectivity index (χ0) is 18.5. The van der Waals surface area contributed by atoms with E-state index in [9.17, 15) is 14.4 Å². The van der Waals surface area contributed by atoms with Crippen LogP contribution in [0.15, 0.2) is 18.5 Å². The second-order valence-electron chi connectivity index (χ2n) is 7.23. The van der Waals surface area contributed by atoms with Crippen molar-refractivity contribution in [1.82, 2.24) is 24.9 Å². The minimum Gasteiger partial charge on any atom is -0.337 e. The predicted molar refractivity (Wildman–Crippen MR) is 91.7 cm³/mol. The van der Waals surface area contributed by atoms with Crippen LogP contribution in [0.5, 0.6) is 0 Å². The molecule has 0 radical (unpaired) electrons. The van der Waals surface area contributed by atoms with Crippen molar-refractivity contribution in [2.45, 2.75) is 19.8 Å². The Bertz CT molecular complexity index is 900. The number of nitrogens with zero attached hydrogens (tertiary/aromatic N) is 5. The number of rotatable bonds is 3. The maximum atomic E-state index is 12.7. The van der Waals surface area contributed by atoms with Crippen molar-refractivity contribution in [2.75, 3.05) is 24.5 Å². The number of aromatic nitrogens is 4. The lowest BCUT2D eigenvalue weighted by Crippen LogP contribution is -2.34. The molecule has 1 N–H and O–H groups in total. The molecule has 1 atom stereocenters. The summed E-state index contributed by atoms with van der Waals surface area (Å²) < 4.78 is 1.67. The molecule has 0 aliphatic carbocycles. The molecule has 2 fully saturated rings. The van der Waals surface area contributed by atoms with Crippen molar-refractivity contribution >= 4 is 23.3 Å². The predicted octanol–water partition coefficient (Wildman–Crippen LogP) is 0.615. The zero-order valence-electron chi connectivity index (χ0n) is 14.7. The topological polar surface area (TPSA) is 104 Å². The van der Waals surface area contributed by atoms with Crippen LogP contribution in [-0.4, -0.2) is 62.1 Å². The highest BCUT2D eigenvalue weighted by molar-refractivity contribution is 5.98. The van der Waals surface area contributed by atoms with Gasteiger partial charge in [-0.2, -0.15) is 10.2 Å². The Kier molecular flexibility index (Phi) is 3.67. The summed E-state index contributed by atoms with van der Waals surface area (Å²) in [6.45, 7) is 3.10. The van der Waals surface area contributed by atoms with E-state index in [0.717, 1.165) is 12.1 Å². The molecule has 0 aromatic carbocycles. The lowest BCUT2D eigenvalue weighted by atomic mass is 9.86. The summed E-state index contributed by atoms with van der Waals surface area (Å²) in [5, 5.41) is 10.6. The summed E-state index contributed by atoms with van der Waals surface area (Å²) in [5.41, 5.74) is 1.12. The van der Waals surface area contributed by atoms with E-state index in [4.69, 9.17) is 0 Å². The van der Waals surface area contributed by atoms with E-state index in [1.54, 1.807) is 20.7 Å². The van der Waals surface area contributed by atoms with Gasteiger partial charge in [0, 0.05) is 51.6 Å². The number of carbonyl (C=O) groups excluding carboxylic acids is 3. The number of carbonyl (C=O) groups is 3. The fourth-order valence-corrected chi connectivity index (χ4v) is 3.84. The molecule has 2 aromatic heterocycles. The first-order chi connectivity index (χ1) is 12.4. The van der Waals surface area contributed by atoms with E-state index in [1.807, 2.05) is 13.2 Å². The summed E-state index contributed by atoms with van der Waals surface area (Å²) in [5.74, 6) is -0.312. The van der Waals surface area contributed by atoms with E-state index >= 15 is 0 Å². The second kappa shape index (κ2) is 5.79. The summed E-state index contributed by atoms with van der Waals surface area (Å²) in [6, 6.07) is 1.48. The van der Waals surface area contributed by atoms with Crippen LogP contribution in [0.4, 0.5) is 5.69 Å². The third-order valence-electron chi connectivity index (χ3n) is 5.22. The Morgan fingerprint density at radius 2 is 2.12 bits per heavy atom. The molecule has 9 heteroatoms. The molecule has 26 heavy (non-hydrogen) atoms. The fourth-order valence-electron chi connectivity index (χ4n) is 3.84. The Morgan fingerprint density at radius 3 is 2.77 bits per heavy atom. The van der Waals surface area contributed by atoms with Crippen molar-refractivity contribution in [3.63, 3.8) is 0 Å². The van der Waals surface area contributed by atoms with Gasteiger partial charge in [0.05, 0.1) is 11.9 Å². The van der Waals surface area contributed by atoms with Gasteiger partial charge < -0.3 is 9.80 Å². The normalized spacial score (nSPS) is 22.6. The Labute approximate surface area is 149 Å². The standard InChI is InChI=1S/C17H20N6O3/c1-11(24)13-5-14(20-19-13)16(26)22-4-3-17(9-22)6-15(25)23(10-17)12-7-18-21(2)8-12/h5,7-8H,3-4,6,9-10H2,1-2H3,(H,19,20). The van der Waals surface area contributed by atoms with Crippen molar-refractivity contribution in [3.05, 3.63) is 29.8 Å². The molecule has 2 saturated heterocycles. The summed E-state index contributed by atoms with van der Waals surface area (Å²) in [6.07, 6.45) is 4.70. The average molecular weight is 356 g/mol. The quantitative estimate of drug-likeness (QED) is 0.812.